The molecule has 7 heteroatoms. The minimum atomic E-state index is -0.650. The van der Waals surface area contributed by atoms with Gasteiger partial charge in [0.25, 0.3) is 0 Å². The van der Waals surface area contributed by atoms with E-state index >= 15 is 0 Å². The van der Waals surface area contributed by atoms with Gasteiger partial charge < -0.3 is 9.47 Å². The number of carbonyl (C=O) groups is 3. The van der Waals surface area contributed by atoms with E-state index in [1.54, 1.807) is 6.07 Å². The van der Waals surface area contributed by atoms with Crippen molar-refractivity contribution >= 4 is 23.6 Å². The standard InChI is InChI=1S/C16H17NO6/c1-2-14(18)21-8-4-3-5-9-22-17-11-6-7-12-13(10-11)16(20)23-15(12)19/h2,6-7,10,17H,1,3-5,8-9H2. The summed E-state index contributed by atoms with van der Waals surface area (Å²) in [4.78, 5) is 38.8. The number of cyclic esters (lactones) is 2. The van der Waals surface area contributed by atoms with E-state index in [0.717, 1.165) is 25.3 Å². The van der Waals surface area contributed by atoms with Gasteiger partial charge in [-0.05, 0) is 37.5 Å². The zero-order chi connectivity index (χ0) is 16.7. The molecule has 0 saturated carbocycles. The van der Waals surface area contributed by atoms with Crippen LogP contribution in [-0.2, 0) is 19.1 Å². The van der Waals surface area contributed by atoms with Crippen LogP contribution in [-0.4, -0.2) is 31.1 Å². The molecule has 23 heavy (non-hydrogen) atoms. The summed E-state index contributed by atoms with van der Waals surface area (Å²) in [6, 6.07) is 4.66. The SMILES string of the molecule is C=CC(=O)OCCCCCONc1ccc2c(c1)C(=O)OC2=O. The highest BCUT2D eigenvalue weighted by molar-refractivity contribution is 6.15. The third-order valence-corrected chi connectivity index (χ3v) is 3.14. The van der Waals surface area contributed by atoms with Gasteiger partial charge in [0.15, 0.2) is 0 Å². The number of nitrogens with one attached hydrogen (secondary N) is 1. The normalized spacial score (nSPS) is 12.5. The van der Waals surface area contributed by atoms with Crippen LogP contribution in [0.1, 0.15) is 40.0 Å². The summed E-state index contributed by atoms with van der Waals surface area (Å²) >= 11 is 0. The van der Waals surface area contributed by atoms with Gasteiger partial charge in [-0.2, -0.15) is 0 Å². The Hall–Kier alpha value is -2.67. The smallest absolute Gasteiger partial charge is 0.346 e. The molecule has 0 unspecified atom stereocenters. The zero-order valence-electron chi connectivity index (χ0n) is 12.5. The molecular formula is C16H17NO6. The van der Waals surface area contributed by atoms with E-state index in [0.29, 0.717) is 18.9 Å². The largest absolute Gasteiger partial charge is 0.463 e. The molecule has 1 aliphatic heterocycles. The van der Waals surface area contributed by atoms with Crippen molar-refractivity contribution < 1.29 is 28.7 Å². The van der Waals surface area contributed by atoms with E-state index in [4.69, 9.17) is 9.57 Å². The van der Waals surface area contributed by atoms with Gasteiger partial charge in [0.2, 0.25) is 0 Å². The van der Waals surface area contributed by atoms with Crippen LogP contribution in [0.15, 0.2) is 30.9 Å². The monoisotopic (exact) mass is 319 g/mol. The third-order valence-electron chi connectivity index (χ3n) is 3.14. The lowest BCUT2D eigenvalue weighted by Crippen LogP contribution is -2.05. The van der Waals surface area contributed by atoms with Crippen molar-refractivity contribution in [2.75, 3.05) is 18.7 Å². The Bertz CT molecular complexity index is 625. The number of esters is 3. The maximum atomic E-state index is 11.4. The fourth-order valence-electron chi connectivity index (χ4n) is 1.97. The first-order chi connectivity index (χ1) is 11.1. The molecule has 1 heterocycles. The first-order valence-electron chi connectivity index (χ1n) is 7.19. The molecular weight excluding hydrogens is 302 g/mol. The molecule has 7 nitrogen and oxygen atoms in total. The zero-order valence-corrected chi connectivity index (χ0v) is 12.5. The number of unbranched alkanes of at least 4 members (excludes halogenated alkanes) is 2. The molecule has 0 fully saturated rings. The molecule has 0 spiro atoms. The second-order valence-electron chi connectivity index (χ2n) is 4.82. The molecule has 0 aliphatic carbocycles. The molecule has 0 aromatic heterocycles. The van der Waals surface area contributed by atoms with Crippen molar-refractivity contribution in [3.63, 3.8) is 0 Å². The highest BCUT2D eigenvalue weighted by Gasteiger charge is 2.29. The van der Waals surface area contributed by atoms with E-state index < -0.39 is 17.9 Å². The van der Waals surface area contributed by atoms with Crippen molar-refractivity contribution in [1.82, 2.24) is 0 Å². The number of rotatable bonds is 9. The molecule has 1 aromatic carbocycles. The Labute approximate surface area is 133 Å². The number of hydrogen-bond donors (Lipinski definition) is 1. The minimum absolute atomic E-state index is 0.229. The number of fused-ring (bicyclic) bond motifs is 1. The molecule has 122 valence electrons. The molecule has 0 radical (unpaired) electrons. The Morgan fingerprint density at radius 2 is 1.87 bits per heavy atom. The van der Waals surface area contributed by atoms with Gasteiger partial charge >= 0.3 is 17.9 Å². The predicted molar refractivity (Wildman–Crippen MR) is 80.8 cm³/mol. The summed E-state index contributed by atoms with van der Waals surface area (Å²) in [5.41, 5.74) is 3.76. The molecule has 0 atom stereocenters. The first-order valence-corrected chi connectivity index (χ1v) is 7.19. The predicted octanol–water partition coefficient (Wildman–Crippen LogP) is 2.24. The Morgan fingerprint density at radius 3 is 2.65 bits per heavy atom. The van der Waals surface area contributed by atoms with Gasteiger partial charge in [-0.15, -0.1) is 0 Å². The lowest BCUT2D eigenvalue weighted by atomic mass is 10.1. The summed E-state index contributed by atoms with van der Waals surface area (Å²) in [6.45, 7) is 4.12. The first kappa shape index (κ1) is 16.7. The maximum absolute atomic E-state index is 11.4. The van der Waals surface area contributed by atoms with Gasteiger partial charge in [0.1, 0.15) is 0 Å². The van der Waals surface area contributed by atoms with Crippen molar-refractivity contribution in [3.05, 3.63) is 42.0 Å². The van der Waals surface area contributed by atoms with Crippen LogP contribution in [0.25, 0.3) is 0 Å². The Kier molecular flexibility index (Phi) is 5.87. The summed E-state index contributed by atoms with van der Waals surface area (Å²) < 4.78 is 9.35. The fraction of sp³-hybridized carbons (Fsp3) is 0.312. The van der Waals surface area contributed by atoms with Crippen molar-refractivity contribution in [1.29, 1.82) is 0 Å². The highest BCUT2D eigenvalue weighted by Crippen LogP contribution is 2.23. The number of ether oxygens (including phenoxy) is 2. The number of anilines is 1. The number of benzene rings is 1. The van der Waals surface area contributed by atoms with E-state index in [-0.39, 0.29) is 11.1 Å². The van der Waals surface area contributed by atoms with Gasteiger partial charge in [0, 0.05) is 6.08 Å². The molecule has 1 N–H and O–H groups in total. The van der Waals surface area contributed by atoms with E-state index in [1.165, 1.54) is 12.1 Å². The van der Waals surface area contributed by atoms with Crippen LogP contribution < -0.4 is 5.48 Å². The van der Waals surface area contributed by atoms with Crippen molar-refractivity contribution in [3.8, 4) is 0 Å². The second kappa shape index (κ2) is 8.09. The van der Waals surface area contributed by atoms with E-state index in [9.17, 15) is 14.4 Å². The van der Waals surface area contributed by atoms with Gasteiger partial charge in [0.05, 0.1) is 30.0 Å². The van der Waals surface area contributed by atoms with Gasteiger partial charge in [-0.1, -0.05) is 6.58 Å². The highest BCUT2D eigenvalue weighted by atomic mass is 16.6. The molecule has 0 saturated heterocycles. The topological polar surface area (TPSA) is 90.9 Å². The summed E-state index contributed by atoms with van der Waals surface area (Å²) in [7, 11) is 0. The van der Waals surface area contributed by atoms with Crippen LogP contribution in [0.4, 0.5) is 5.69 Å². The summed E-state index contributed by atoms with van der Waals surface area (Å²) in [6.07, 6.45) is 3.50. The van der Waals surface area contributed by atoms with Crippen LogP contribution in [0.5, 0.6) is 0 Å². The van der Waals surface area contributed by atoms with Crippen LogP contribution in [0.2, 0.25) is 0 Å². The second-order valence-corrected chi connectivity index (χ2v) is 4.82. The minimum Gasteiger partial charge on any atom is -0.463 e. The molecule has 2 rings (SSSR count). The van der Waals surface area contributed by atoms with Gasteiger partial charge in [-0.3, -0.25) is 10.3 Å². The quantitative estimate of drug-likeness (QED) is 0.245. The lowest BCUT2D eigenvalue weighted by Gasteiger charge is -2.07. The average molecular weight is 319 g/mol. The van der Waals surface area contributed by atoms with E-state index in [1.807, 2.05) is 0 Å². The third kappa shape index (κ3) is 4.65. The Morgan fingerprint density at radius 1 is 1.13 bits per heavy atom. The lowest BCUT2D eigenvalue weighted by molar-refractivity contribution is -0.137. The van der Waals surface area contributed by atoms with E-state index in [2.05, 4.69) is 16.8 Å². The van der Waals surface area contributed by atoms with Crippen molar-refractivity contribution in [2.45, 2.75) is 19.3 Å². The van der Waals surface area contributed by atoms with Crippen LogP contribution >= 0.6 is 0 Å². The van der Waals surface area contributed by atoms with Crippen LogP contribution in [0.3, 0.4) is 0 Å². The van der Waals surface area contributed by atoms with Crippen molar-refractivity contribution in [2.24, 2.45) is 0 Å². The number of hydrogen-bond acceptors (Lipinski definition) is 7. The van der Waals surface area contributed by atoms with Crippen LogP contribution in [0, 0.1) is 0 Å². The molecule has 1 aromatic rings. The maximum Gasteiger partial charge on any atom is 0.346 e. The average Bonchev–Trinajstić information content (AvgIpc) is 2.84. The summed E-state index contributed by atoms with van der Waals surface area (Å²) in [5, 5.41) is 0. The molecule has 0 amide bonds. The molecule has 0 bridgehead atoms. The van der Waals surface area contributed by atoms with Gasteiger partial charge in [-0.25, -0.2) is 14.4 Å². The fourth-order valence-corrected chi connectivity index (χ4v) is 1.97. The summed E-state index contributed by atoms with van der Waals surface area (Å²) in [5.74, 6) is -1.70. The Balaban J connectivity index is 1.63. The number of carbonyl (C=O) groups excluding carboxylic acids is 3. The molecule has 1 aliphatic rings.